The fraction of sp³-hybridized carbons (Fsp3) is 0.529. The van der Waals surface area contributed by atoms with Crippen molar-refractivity contribution in [2.45, 2.75) is 46.7 Å². The lowest BCUT2D eigenvalue weighted by molar-refractivity contribution is -0.122. The van der Waals surface area contributed by atoms with E-state index in [9.17, 15) is 4.79 Å². The maximum Gasteiger partial charge on any atom is 0.243 e. The predicted molar refractivity (Wildman–Crippen MR) is 93.5 cm³/mol. The third kappa shape index (κ3) is 5.17. The number of nitrogens with zero attached hydrogens (tertiary/aromatic N) is 4. The summed E-state index contributed by atoms with van der Waals surface area (Å²) < 4.78 is 11.2. The number of rotatable bonds is 9. The van der Waals surface area contributed by atoms with E-state index in [0.29, 0.717) is 30.5 Å². The lowest BCUT2D eigenvalue weighted by Gasteiger charge is -2.11. The molecule has 8 heteroatoms. The highest BCUT2D eigenvalue weighted by atomic mass is 16.5. The molecule has 0 aliphatic carbocycles. The lowest BCUT2D eigenvalue weighted by atomic mass is 10.2. The molecule has 8 nitrogen and oxygen atoms in total. The van der Waals surface area contributed by atoms with Gasteiger partial charge in [0.25, 0.3) is 0 Å². The van der Waals surface area contributed by atoms with E-state index in [2.05, 4.69) is 20.7 Å². The van der Waals surface area contributed by atoms with E-state index in [0.717, 1.165) is 12.0 Å². The minimum atomic E-state index is -0.139. The molecule has 2 aromatic rings. The standard InChI is InChI=1S/C17H25N5O3/c1-5-12(4)18-16(23)11-22-20-17(19-21-22)13-8-9-14(24-6-2)15(10-13)25-7-3/h8-10,12H,5-7,11H2,1-4H3,(H,18,23)/t12-/m1/s1. The van der Waals surface area contributed by atoms with Crippen molar-refractivity contribution in [2.75, 3.05) is 13.2 Å². The van der Waals surface area contributed by atoms with E-state index in [-0.39, 0.29) is 18.5 Å². The molecule has 136 valence electrons. The predicted octanol–water partition coefficient (Wildman–Crippen LogP) is 2.05. The third-order valence-corrected chi connectivity index (χ3v) is 3.56. The molecule has 1 N–H and O–H groups in total. The minimum Gasteiger partial charge on any atom is -0.490 e. The van der Waals surface area contributed by atoms with E-state index in [1.54, 1.807) is 0 Å². The molecule has 0 unspecified atom stereocenters. The largest absolute Gasteiger partial charge is 0.490 e. The van der Waals surface area contributed by atoms with Gasteiger partial charge in [0.2, 0.25) is 11.7 Å². The van der Waals surface area contributed by atoms with Crippen LogP contribution in [0, 0.1) is 0 Å². The smallest absolute Gasteiger partial charge is 0.243 e. The van der Waals surface area contributed by atoms with Crippen molar-refractivity contribution in [3.8, 4) is 22.9 Å². The molecular weight excluding hydrogens is 322 g/mol. The van der Waals surface area contributed by atoms with Crippen molar-refractivity contribution in [1.29, 1.82) is 0 Å². The second kappa shape index (κ2) is 9.00. The molecule has 1 heterocycles. The first-order chi connectivity index (χ1) is 12.1. The van der Waals surface area contributed by atoms with Gasteiger partial charge in [0.15, 0.2) is 11.5 Å². The van der Waals surface area contributed by atoms with Gasteiger partial charge in [0.1, 0.15) is 6.54 Å². The molecule has 0 radical (unpaired) electrons. The van der Waals surface area contributed by atoms with Gasteiger partial charge in [-0.05, 0) is 50.6 Å². The maximum atomic E-state index is 11.9. The zero-order valence-electron chi connectivity index (χ0n) is 15.2. The molecule has 0 saturated carbocycles. The molecule has 1 amide bonds. The van der Waals surface area contributed by atoms with Crippen LogP contribution in [0.5, 0.6) is 11.5 Å². The van der Waals surface area contributed by atoms with Crippen LogP contribution >= 0.6 is 0 Å². The number of benzene rings is 1. The van der Waals surface area contributed by atoms with E-state index >= 15 is 0 Å². The zero-order valence-corrected chi connectivity index (χ0v) is 15.2. The number of carbonyl (C=O) groups is 1. The van der Waals surface area contributed by atoms with Crippen LogP contribution in [-0.2, 0) is 11.3 Å². The summed E-state index contributed by atoms with van der Waals surface area (Å²) in [6.07, 6.45) is 0.869. The first-order valence-electron chi connectivity index (χ1n) is 8.54. The Hall–Kier alpha value is -2.64. The summed E-state index contributed by atoms with van der Waals surface area (Å²) in [5, 5.41) is 15.1. The molecule has 25 heavy (non-hydrogen) atoms. The Morgan fingerprint density at radius 1 is 1.20 bits per heavy atom. The summed E-state index contributed by atoms with van der Waals surface area (Å²) in [6, 6.07) is 5.60. The van der Waals surface area contributed by atoms with Crippen LogP contribution in [0.25, 0.3) is 11.4 Å². The number of nitrogens with one attached hydrogen (secondary N) is 1. The normalized spacial score (nSPS) is 11.8. The topological polar surface area (TPSA) is 91.2 Å². The highest BCUT2D eigenvalue weighted by Gasteiger charge is 2.13. The second-order valence-electron chi connectivity index (χ2n) is 5.55. The molecule has 0 fully saturated rings. The van der Waals surface area contributed by atoms with Gasteiger partial charge in [-0.15, -0.1) is 10.2 Å². The Labute approximate surface area is 147 Å². The van der Waals surface area contributed by atoms with Crippen molar-refractivity contribution >= 4 is 5.91 Å². The molecule has 2 rings (SSSR count). The fourth-order valence-electron chi connectivity index (χ4n) is 2.17. The quantitative estimate of drug-likeness (QED) is 0.746. The van der Waals surface area contributed by atoms with Gasteiger partial charge in [-0.25, -0.2) is 0 Å². The number of hydrogen-bond acceptors (Lipinski definition) is 6. The summed E-state index contributed by atoms with van der Waals surface area (Å²) in [6.45, 7) is 8.91. The SMILES string of the molecule is CCOc1ccc(-c2nnn(CC(=O)N[C@H](C)CC)n2)cc1OCC. The van der Waals surface area contributed by atoms with Gasteiger partial charge in [-0.1, -0.05) is 6.92 Å². The Morgan fingerprint density at radius 3 is 2.60 bits per heavy atom. The van der Waals surface area contributed by atoms with Gasteiger partial charge >= 0.3 is 0 Å². The van der Waals surface area contributed by atoms with Gasteiger partial charge < -0.3 is 14.8 Å². The fourth-order valence-corrected chi connectivity index (χ4v) is 2.17. The van der Waals surface area contributed by atoms with Crippen LogP contribution in [0.4, 0.5) is 0 Å². The summed E-state index contributed by atoms with van der Waals surface area (Å²) in [5.41, 5.74) is 0.750. The van der Waals surface area contributed by atoms with Crippen LogP contribution in [0.2, 0.25) is 0 Å². The molecule has 0 spiro atoms. The number of ether oxygens (including phenoxy) is 2. The minimum absolute atomic E-state index is 0.0344. The van der Waals surface area contributed by atoms with Crippen molar-refractivity contribution in [3.05, 3.63) is 18.2 Å². The molecule has 0 saturated heterocycles. The lowest BCUT2D eigenvalue weighted by Crippen LogP contribution is -2.35. The summed E-state index contributed by atoms with van der Waals surface area (Å²) in [5.74, 6) is 1.60. The molecule has 0 aliphatic heterocycles. The number of aromatic nitrogens is 4. The van der Waals surface area contributed by atoms with Crippen LogP contribution in [-0.4, -0.2) is 45.4 Å². The zero-order chi connectivity index (χ0) is 18.2. The average Bonchev–Trinajstić information content (AvgIpc) is 3.05. The molecule has 1 aromatic carbocycles. The summed E-state index contributed by atoms with van der Waals surface area (Å²) >= 11 is 0. The van der Waals surface area contributed by atoms with Gasteiger partial charge in [0, 0.05) is 11.6 Å². The second-order valence-corrected chi connectivity index (χ2v) is 5.55. The molecular formula is C17H25N5O3. The summed E-state index contributed by atoms with van der Waals surface area (Å²) in [4.78, 5) is 13.2. The monoisotopic (exact) mass is 347 g/mol. The maximum absolute atomic E-state index is 11.9. The van der Waals surface area contributed by atoms with Gasteiger partial charge in [-0.2, -0.15) is 4.80 Å². The van der Waals surface area contributed by atoms with Crippen LogP contribution in [0.3, 0.4) is 0 Å². The Kier molecular flexibility index (Phi) is 6.73. The Morgan fingerprint density at radius 2 is 1.92 bits per heavy atom. The van der Waals surface area contributed by atoms with E-state index < -0.39 is 0 Å². The van der Waals surface area contributed by atoms with Gasteiger partial charge in [0.05, 0.1) is 13.2 Å². The van der Waals surface area contributed by atoms with Crippen LogP contribution < -0.4 is 14.8 Å². The molecule has 1 aromatic heterocycles. The van der Waals surface area contributed by atoms with E-state index in [1.165, 1.54) is 4.80 Å². The Bertz CT molecular complexity index is 701. The van der Waals surface area contributed by atoms with Crippen molar-refractivity contribution < 1.29 is 14.3 Å². The van der Waals surface area contributed by atoms with Gasteiger partial charge in [-0.3, -0.25) is 4.79 Å². The van der Waals surface area contributed by atoms with Crippen LogP contribution in [0.15, 0.2) is 18.2 Å². The average molecular weight is 347 g/mol. The molecule has 0 aliphatic rings. The third-order valence-electron chi connectivity index (χ3n) is 3.56. The van der Waals surface area contributed by atoms with E-state index in [1.807, 2.05) is 45.9 Å². The van der Waals surface area contributed by atoms with E-state index in [4.69, 9.17) is 9.47 Å². The summed E-state index contributed by atoms with van der Waals surface area (Å²) in [7, 11) is 0. The van der Waals surface area contributed by atoms with Crippen molar-refractivity contribution in [1.82, 2.24) is 25.5 Å². The van der Waals surface area contributed by atoms with Crippen molar-refractivity contribution in [2.24, 2.45) is 0 Å². The molecule has 1 atom stereocenters. The number of tetrazole rings is 1. The first kappa shape index (κ1) is 18.7. The molecule has 0 bridgehead atoms. The highest BCUT2D eigenvalue weighted by molar-refractivity contribution is 5.75. The number of hydrogen-bond donors (Lipinski definition) is 1. The van der Waals surface area contributed by atoms with Crippen molar-refractivity contribution in [3.63, 3.8) is 0 Å². The number of amides is 1. The first-order valence-corrected chi connectivity index (χ1v) is 8.54. The Balaban J connectivity index is 2.13. The number of carbonyl (C=O) groups excluding carboxylic acids is 1. The highest BCUT2D eigenvalue weighted by Crippen LogP contribution is 2.31. The van der Waals surface area contributed by atoms with Crippen LogP contribution in [0.1, 0.15) is 34.1 Å².